The van der Waals surface area contributed by atoms with Gasteiger partial charge in [0.15, 0.2) is 0 Å². The van der Waals surface area contributed by atoms with Gasteiger partial charge in [0.05, 0.1) is 13.0 Å². The first-order valence-electron chi connectivity index (χ1n) is 6.16. The number of rotatable bonds is 5. The number of ether oxygens (including phenoxy) is 1. The summed E-state index contributed by atoms with van der Waals surface area (Å²) in [6, 6.07) is 0. The lowest BCUT2D eigenvalue weighted by molar-refractivity contribution is -0.497. The highest BCUT2D eigenvalue weighted by molar-refractivity contribution is 5.70. The summed E-state index contributed by atoms with van der Waals surface area (Å²) in [5.74, 6) is 0.560. The Hall–Kier alpha value is -1.13. The number of esters is 1. The molecule has 0 aromatic carbocycles. The highest BCUT2D eigenvalue weighted by atomic mass is 16.6. The molecule has 0 heterocycles. The topological polar surface area (TPSA) is 69.4 Å². The Morgan fingerprint density at radius 3 is 2.35 bits per heavy atom. The molecule has 1 aliphatic rings. The molecule has 98 valence electrons. The second kappa shape index (κ2) is 5.47. The molecule has 1 fully saturated rings. The largest absolute Gasteiger partial charge is 0.466 e. The van der Waals surface area contributed by atoms with Crippen LogP contribution in [0.2, 0.25) is 0 Å². The third-order valence-electron chi connectivity index (χ3n) is 3.77. The first kappa shape index (κ1) is 13.9. The molecule has 5 heteroatoms. The maximum atomic E-state index is 11.6. The van der Waals surface area contributed by atoms with E-state index in [9.17, 15) is 14.9 Å². The van der Waals surface area contributed by atoms with Crippen LogP contribution in [0.15, 0.2) is 0 Å². The summed E-state index contributed by atoms with van der Waals surface area (Å²) < 4.78 is 4.92. The van der Waals surface area contributed by atoms with Gasteiger partial charge in [-0.05, 0) is 31.6 Å². The maximum Gasteiger partial charge on any atom is 0.306 e. The lowest BCUT2D eigenvalue weighted by atomic mass is 9.81. The lowest BCUT2D eigenvalue weighted by Gasteiger charge is -2.23. The van der Waals surface area contributed by atoms with Crippen LogP contribution in [0.4, 0.5) is 0 Å². The van der Waals surface area contributed by atoms with Gasteiger partial charge >= 0.3 is 5.97 Å². The highest BCUT2D eigenvalue weighted by Gasteiger charge is 2.47. The molecule has 1 aliphatic carbocycles. The van der Waals surface area contributed by atoms with Gasteiger partial charge in [-0.1, -0.05) is 13.8 Å². The first-order chi connectivity index (χ1) is 7.88. The Labute approximate surface area is 102 Å². The molecule has 1 saturated carbocycles. The molecule has 0 aromatic heterocycles. The van der Waals surface area contributed by atoms with E-state index in [1.165, 1.54) is 0 Å². The summed E-state index contributed by atoms with van der Waals surface area (Å²) in [5.41, 5.74) is -0.491. The van der Waals surface area contributed by atoms with Crippen molar-refractivity contribution in [2.75, 3.05) is 13.2 Å². The molecule has 0 amide bonds. The minimum absolute atomic E-state index is 0.125. The standard InChI is InChI=1S/C12H21NO4/c1-4-17-11(14)7-12(8-13(15)16)5-9(2)10(3)6-12/h9-10H,4-8H2,1-3H3/t9-,10-/m0/s1. The zero-order valence-corrected chi connectivity index (χ0v) is 10.8. The van der Waals surface area contributed by atoms with E-state index in [4.69, 9.17) is 4.74 Å². The number of carbonyl (C=O) groups excluding carboxylic acids is 1. The summed E-state index contributed by atoms with van der Waals surface area (Å²) >= 11 is 0. The van der Waals surface area contributed by atoms with E-state index in [2.05, 4.69) is 13.8 Å². The van der Waals surface area contributed by atoms with Crippen molar-refractivity contribution in [3.8, 4) is 0 Å². The van der Waals surface area contributed by atoms with Crippen molar-refractivity contribution < 1.29 is 14.5 Å². The van der Waals surface area contributed by atoms with Crippen molar-refractivity contribution in [2.45, 2.75) is 40.0 Å². The molecule has 5 nitrogen and oxygen atoms in total. The summed E-state index contributed by atoms with van der Waals surface area (Å²) in [4.78, 5) is 22.0. The van der Waals surface area contributed by atoms with Crippen molar-refractivity contribution in [3.05, 3.63) is 10.1 Å². The average molecular weight is 243 g/mol. The fourth-order valence-electron chi connectivity index (χ4n) is 2.97. The van der Waals surface area contributed by atoms with E-state index < -0.39 is 5.41 Å². The molecule has 0 unspecified atom stereocenters. The van der Waals surface area contributed by atoms with Gasteiger partial charge in [0.2, 0.25) is 6.54 Å². The van der Waals surface area contributed by atoms with E-state index in [1.807, 2.05) is 0 Å². The third kappa shape index (κ3) is 3.68. The molecule has 0 aliphatic heterocycles. The molecule has 1 rings (SSSR count). The molecule has 0 spiro atoms. The number of nitrogens with zero attached hydrogens (tertiary/aromatic N) is 1. The van der Waals surface area contributed by atoms with Crippen LogP contribution >= 0.6 is 0 Å². The Morgan fingerprint density at radius 1 is 1.41 bits per heavy atom. The van der Waals surface area contributed by atoms with Crippen LogP contribution in [-0.2, 0) is 9.53 Å². The second-order valence-corrected chi connectivity index (χ2v) is 5.34. The molecule has 0 bridgehead atoms. The van der Waals surface area contributed by atoms with Crippen molar-refractivity contribution in [1.82, 2.24) is 0 Å². The first-order valence-corrected chi connectivity index (χ1v) is 6.16. The Balaban J connectivity index is 2.73. The minimum atomic E-state index is -0.491. The fourth-order valence-corrected chi connectivity index (χ4v) is 2.97. The van der Waals surface area contributed by atoms with Crippen LogP contribution in [0.25, 0.3) is 0 Å². The van der Waals surface area contributed by atoms with Crippen molar-refractivity contribution >= 4 is 5.97 Å². The van der Waals surface area contributed by atoms with Gasteiger partial charge < -0.3 is 4.74 Å². The molecule has 0 saturated heterocycles. The predicted molar refractivity (Wildman–Crippen MR) is 63.1 cm³/mol. The van der Waals surface area contributed by atoms with E-state index in [0.29, 0.717) is 18.4 Å². The molecule has 0 aromatic rings. The van der Waals surface area contributed by atoms with Crippen LogP contribution in [0, 0.1) is 27.4 Å². The molecular formula is C12H21NO4. The number of hydrogen-bond donors (Lipinski definition) is 0. The molecular weight excluding hydrogens is 222 g/mol. The van der Waals surface area contributed by atoms with E-state index in [-0.39, 0.29) is 23.9 Å². The predicted octanol–water partition coefficient (Wildman–Crippen LogP) is 2.27. The van der Waals surface area contributed by atoms with Crippen LogP contribution in [0.3, 0.4) is 0 Å². The van der Waals surface area contributed by atoms with Gasteiger partial charge in [-0.2, -0.15) is 0 Å². The smallest absolute Gasteiger partial charge is 0.306 e. The van der Waals surface area contributed by atoms with Crippen molar-refractivity contribution in [3.63, 3.8) is 0 Å². The zero-order valence-electron chi connectivity index (χ0n) is 10.8. The van der Waals surface area contributed by atoms with Crippen LogP contribution in [-0.4, -0.2) is 24.0 Å². The minimum Gasteiger partial charge on any atom is -0.466 e. The van der Waals surface area contributed by atoms with E-state index in [0.717, 1.165) is 12.8 Å². The Bertz CT molecular complexity index is 293. The number of hydrogen-bond acceptors (Lipinski definition) is 4. The third-order valence-corrected chi connectivity index (χ3v) is 3.77. The SMILES string of the molecule is CCOC(=O)CC1(C[N+](=O)[O-])C[C@H](C)[C@@H](C)C1. The molecule has 0 N–H and O–H groups in total. The maximum absolute atomic E-state index is 11.6. The Morgan fingerprint density at radius 2 is 1.94 bits per heavy atom. The van der Waals surface area contributed by atoms with E-state index in [1.54, 1.807) is 6.92 Å². The normalized spacial score (nSPS) is 26.8. The highest BCUT2D eigenvalue weighted by Crippen LogP contribution is 2.47. The van der Waals surface area contributed by atoms with Gasteiger partial charge in [0.25, 0.3) is 0 Å². The molecule has 0 radical (unpaired) electrons. The summed E-state index contributed by atoms with van der Waals surface area (Å²) in [6.45, 7) is 6.14. The number of carbonyl (C=O) groups is 1. The summed E-state index contributed by atoms with van der Waals surface area (Å²) in [7, 11) is 0. The molecule has 2 atom stereocenters. The van der Waals surface area contributed by atoms with Crippen LogP contribution in [0.1, 0.15) is 40.0 Å². The van der Waals surface area contributed by atoms with Gasteiger partial charge in [-0.25, -0.2) is 0 Å². The quantitative estimate of drug-likeness (QED) is 0.422. The van der Waals surface area contributed by atoms with Gasteiger partial charge in [-0.3, -0.25) is 14.9 Å². The van der Waals surface area contributed by atoms with Gasteiger partial charge in [-0.15, -0.1) is 0 Å². The molecule has 17 heavy (non-hydrogen) atoms. The van der Waals surface area contributed by atoms with Crippen molar-refractivity contribution in [2.24, 2.45) is 17.3 Å². The second-order valence-electron chi connectivity index (χ2n) is 5.34. The summed E-state index contributed by atoms with van der Waals surface area (Å²) in [5, 5.41) is 10.8. The van der Waals surface area contributed by atoms with Gasteiger partial charge in [0, 0.05) is 10.3 Å². The van der Waals surface area contributed by atoms with Crippen LogP contribution in [0.5, 0.6) is 0 Å². The lowest BCUT2D eigenvalue weighted by Crippen LogP contribution is -2.31. The van der Waals surface area contributed by atoms with E-state index >= 15 is 0 Å². The Kier molecular flexibility index (Phi) is 4.48. The van der Waals surface area contributed by atoms with Crippen LogP contribution < -0.4 is 0 Å². The monoisotopic (exact) mass is 243 g/mol. The van der Waals surface area contributed by atoms with Gasteiger partial charge in [0.1, 0.15) is 0 Å². The fraction of sp³-hybridized carbons (Fsp3) is 0.917. The van der Waals surface area contributed by atoms with Crippen molar-refractivity contribution in [1.29, 1.82) is 0 Å². The summed E-state index contributed by atoms with van der Waals surface area (Å²) in [6.07, 6.45) is 1.67. The average Bonchev–Trinajstić information content (AvgIpc) is 2.40. The number of nitro groups is 1. The zero-order chi connectivity index (χ0) is 13.1.